The minimum absolute atomic E-state index is 0.0493. The summed E-state index contributed by atoms with van der Waals surface area (Å²) in [6, 6.07) is 4.86. The van der Waals surface area contributed by atoms with Crippen molar-refractivity contribution in [1.82, 2.24) is 10.6 Å². The van der Waals surface area contributed by atoms with Gasteiger partial charge in [-0.25, -0.2) is 0 Å². The highest BCUT2D eigenvalue weighted by molar-refractivity contribution is 6.31. The normalized spacial score (nSPS) is 10.2. The van der Waals surface area contributed by atoms with Gasteiger partial charge in [0.25, 0.3) is 0 Å². The Balaban J connectivity index is 2.45. The van der Waals surface area contributed by atoms with E-state index < -0.39 is 5.91 Å². The molecule has 0 heterocycles. The number of halogens is 1. The zero-order valence-corrected chi connectivity index (χ0v) is 11.6. The third-order valence-corrected chi connectivity index (χ3v) is 2.86. The second-order valence-electron chi connectivity index (χ2n) is 4.12. The van der Waals surface area contributed by atoms with Crippen LogP contribution in [0.3, 0.4) is 0 Å². The number of nitrogens with two attached hydrogens (primary N) is 1. The van der Waals surface area contributed by atoms with Crippen LogP contribution in [-0.2, 0) is 11.3 Å². The van der Waals surface area contributed by atoms with Crippen molar-refractivity contribution in [3.05, 3.63) is 34.3 Å². The van der Waals surface area contributed by atoms with E-state index in [4.69, 9.17) is 17.3 Å². The van der Waals surface area contributed by atoms with E-state index in [2.05, 4.69) is 10.6 Å². The van der Waals surface area contributed by atoms with Crippen molar-refractivity contribution in [2.24, 2.45) is 5.73 Å². The zero-order chi connectivity index (χ0) is 14.3. The number of hydrogen-bond donors (Lipinski definition) is 3. The molecule has 4 N–H and O–H groups in total. The summed E-state index contributed by atoms with van der Waals surface area (Å²) in [5, 5.41) is 6.21. The Bertz CT molecular complexity index is 463. The van der Waals surface area contributed by atoms with E-state index in [1.807, 2.05) is 6.92 Å². The highest BCUT2D eigenvalue weighted by atomic mass is 35.5. The fraction of sp³-hybridized carbons (Fsp3) is 0.385. The molecule has 0 saturated carbocycles. The van der Waals surface area contributed by atoms with Crippen LogP contribution in [0.2, 0.25) is 5.02 Å². The van der Waals surface area contributed by atoms with Gasteiger partial charge in [-0.2, -0.15) is 0 Å². The molecular weight excluding hydrogens is 266 g/mol. The lowest BCUT2D eigenvalue weighted by atomic mass is 10.1. The Morgan fingerprint density at radius 1 is 1.37 bits per heavy atom. The van der Waals surface area contributed by atoms with E-state index in [-0.39, 0.29) is 12.5 Å². The molecule has 19 heavy (non-hydrogen) atoms. The summed E-state index contributed by atoms with van der Waals surface area (Å²) < 4.78 is 0. The van der Waals surface area contributed by atoms with Crippen LogP contribution in [0.25, 0.3) is 0 Å². The molecule has 104 valence electrons. The van der Waals surface area contributed by atoms with Crippen LogP contribution in [0.15, 0.2) is 18.2 Å². The molecule has 0 atom stereocenters. The second-order valence-corrected chi connectivity index (χ2v) is 4.53. The SMILES string of the molecule is CCCNC(=O)CNCc1ccc(C(N)=O)cc1Cl. The monoisotopic (exact) mass is 283 g/mol. The van der Waals surface area contributed by atoms with Crippen molar-refractivity contribution < 1.29 is 9.59 Å². The third-order valence-electron chi connectivity index (χ3n) is 2.51. The molecule has 0 aliphatic carbocycles. The van der Waals surface area contributed by atoms with Crippen LogP contribution in [-0.4, -0.2) is 24.9 Å². The highest BCUT2D eigenvalue weighted by Gasteiger charge is 2.06. The number of primary amides is 1. The van der Waals surface area contributed by atoms with Crippen molar-refractivity contribution in [3.8, 4) is 0 Å². The average molecular weight is 284 g/mol. The van der Waals surface area contributed by atoms with Crippen LogP contribution >= 0.6 is 11.6 Å². The number of hydrogen-bond acceptors (Lipinski definition) is 3. The predicted molar refractivity (Wildman–Crippen MR) is 75.0 cm³/mol. The molecule has 6 heteroatoms. The maximum absolute atomic E-state index is 11.4. The molecule has 0 radical (unpaired) electrons. The minimum Gasteiger partial charge on any atom is -0.366 e. The zero-order valence-electron chi connectivity index (χ0n) is 10.8. The summed E-state index contributed by atoms with van der Waals surface area (Å²) in [7, 11) is 0. The molecule has 2 amide bonds. The van der Waals surface area contributed by atoms with Crippen LogP contribution < -0.4 is 16.4 Å². The molecular formula is C13H18ClN3O2. The molecule has 0 aliphatic rings. The van der Waals surface area contributed by atoms with E-state index in [0.29, 0.717) is 23.7 Å². The smallest absolute Gasteiger partial charge is 0.248 e. The van der Waals surface area contributed by atoms with Gasteiger partial charge in [0.15, 0.2) is 0 Å². The first-order chi connectivity index (χ1) is 9.04. The second kappa shape index (κ2) is 7.76. The van der Waals surface area contributed by atoms with E-state index >= 15 is 0 Å². The quantitative estimate of drug-likeness (QED) is 0.699. The van der Waals surface area contributed by atoms with Crippen molar-refractivity contribution in [1.29, 1.82) is 0 Å². The van der Waals surface area contributed by atoms with Gasteiger partial charge in [0.1, 0.15) is 0 Å². The number of carbonyl (C=O) groups excluding carboxylic acids is 2. The Morgan fingerprint density at radius 2 is 2.11 bits per heavy atom. The summed E-state index contributed by atoms with van der Waals surface area (Å²) in [5.74, 6) is -0.563. The molecule has 0 fully saturated rings. The van der Waals surface area contributed by atoms with Gasteiger partial charge in [0, 0.05) is 23.7 Å². The maximum Gasteiger partial charge on any atom is 0.248 e. The summed E-state index contributed by atoms with van der Waals surface area (Å²) in [6.07, 6.45) is 0.909. The van der Waals surface area contributed by atoms with Crippen molar-refractivity contribution in [3.63, 3.8) is 0 Å². The van der Waals surface area contributed by atoms with Gasteiger partial charge in [-0.3, -0.25) is 9.59 Å². The molecule has 0 spiro atoms. The molecule has 0 bridgehead atoms. The first-order valence-electron chi connectivity index (χ1n) is 6.10. The molecule has 0 saturated heterocycles. The first-order valence-corrected chi connectivity index (χ1v) is 6.48. The van der Waals surface area contributed by atoms with Crippen LogP contribution in [0.5, 0.6) is 0 Å². The maximum atomic E-state index is 11.4. The number of nitrogens with one attached hydrogen (secondary N) is 2. The molecule has 0 unspecified atom stereocenters. The Kier molecular flexibility index (Phi) is 6.32. The molecule has 1 aromatic rings. The average Bonchev–Trinajstić information content (AvgIpc) is 2.38. The first kappa shape index (κ1) is 15.5. The molecule has 1 aromatic carbocycles. The Labute approximate surface area is 117 Å². The van der Waals surface area contributed by atoms with Crippen molar-refractivity contribution in [2.75, 3.05) is 13.1 Å². The third kappa shape index (κ3) is 5.28. The number of amides is 2. The van der Waals surface area contributed by atoms with Crippen LogP contribution in [0.1, 0.15) is 29.3 Å². The lowest BCUT2D eigenvalue weighted by molar-refractivity contribution is -0.120. The van der Waals surface area contributed by atoms with Crippen molar-refractivity contribution in [2.45, 2.75) is 19.9 Å². The van der Waals surface area contributed by atoms with Crippen molar-refractivity contribution >= 4 is 23.4 Å². The largest absolute Gasteiger partial charge is 0.366 e. The lowest BCUT2D eigenvalue weighted by Crippen LogP contribution is -2.34. The van der Waals surface area contributed by atoms with Gasteiger partial charge in [-0.1, -0.05) is 24.6 Å². The molecule has 5 nitrogen and oxygen atoms in total. The van der Waals surface area contributed by atoms with E-state index in [1.54, 1.807) is 12.1 Å². The minimum atomic E-state index is -0.514. The van der Waals surface area contributed by atoms with Gasteiger partial charge >= 0.3 is 0 Å². The summed E-state index contributed by atoms with van der Waals surface area (Å²) in [5.41, 5.74) is 6.34. The lowest BCUT2D eigenvalue weighted by Gasteiger charge is -2.08. The number of carbonyl (C=O) groups is 2. The van der Waals surface area contributed by atoms with Gasteiger partial charge < -0.3 is 16.4 Å². The van der Waals surface area contributed by atoms with Crippen LogP contribution in [0, 0.1) is 0 Å². The summed E-state index contributed by atoms with van der Waals surface area (Å²) in [4.78, 5) is 22.3. The van der Waals surface area contributed by atoms with Gasteiger partial charge in [0.05, 0.1) is 6.54 Å². The standard InChI is InChI=1S/C13H18ClN3O2/c1-2-5-17-12(18)8-16-7-10-4-3-9(13(15)19)6-11(10)14/h3-4,6,16H,2,5,7-8H2,1H3,(H2,15,19)(H,17,18). The van der Waals surface area contributed by atoms with E-state index in [0.717, 1.165) is 12.0 Å². The predicted octanol–water partition coefficient (Wildman–Crippen LogP) is 1.05. The van der Waals surface area contributed by atoms with Crippen LogP contribution in [0.4, 0.5) is 0 Å². The summed E-state index contributed by atoms with van der Waals surface area (Å²) in [6.45, 7) is 3.35. The topological polar surface area (TPSA) is 84.2 Å². The van der Waals surface area contributed by atoms with Gasteiger partial charge in [0.2, 0.25) is 11.8 Å². The Hall–Kier alpha value is -1.59. The summed E-state index contributed by atoms with van der Waals surface area (Å²) >= 11 is 6.02. The fourth-order valence-electron chi connectivity index (χ4n) is 1.48. The van der Waals surface area contributed by atoms with Gasteiger partial charge in [-0.15, -0.1) is 0 Å². The van der Waals surface area contributed by atoms with E-state index in [1.165, 1.54) is 6.07 Å². The van der Waals surface area contributed by atoms with Gasteiger partial charge in [-0.05, 0) is 24.1 Å². The van der Waals surface area contributed by atoms with E-state index in [9.17, 15) is 9.59 Å². The molecule has 0 aliphatic heterocycles. The number of benzene rings is 1. The Morgan fingerprint density at radius 3 is 2.68 bits per heavy atom. The fourth-order valence-corrected chi connectivity index (χ4v) is 1.73. The number of rotatable bonds is 7. The molecule has 0 aromatic heterocycles. The highest BCUT2D eigenvalue weighted by Crippen LogP contribution is 2.17. The molecule has 1 rings (SSSR count).